The zero-order valence-corrected chi connectivity index (χ0v) is 12.5. The predicted octanol–water partition coefficient (Wildman–Crippen LogP) is 3.54. The summed E-state index contributed by atoms with van der Waals surface area (Å²) >= 11 is 0. The summed E-state index contributed by atoms with van der Waals surface area (Å²) in [6.07, 6.45) is 0.785. The van der Waals surface area contributed by atoms with Gasteiger partial charge >= 0.3 is 0 Å². The van der Waals surface area contributed by atoms with Crippen molar-refractivity contribution in [3.8, 4) is 5.75 Å². The number of para-hydroxylation sites is 1. The van der Waals surface area contributed by atoms with Gasteiger partial charge in [0.05, 0.1) is 28.1 Å². The molecule has 3 nitrogen and oxygen atoms in total. The highest BCUT2D eigenvalue weighted by Gasteiger charge is 2.20. The van der Waals surface area contributed by atoms with Crippen molar-refractivity contribution in [1.29, 1.82) is 0 Å². The quantitative estimate of drug-likeness (QED) is 0.857. The number of methoxy groups -OCH3 is 1. The van der Waals surface area contributed by atoms with Crippen molar-refractivity contribution < 1.29 is 8.95 Å². The minimum absolute atomic E-state index is 0.0643. The molecule has 2 atom stereocenters. The van der Waals surface area contributed by atoms with E-state index in [4.69, 9.17) is 10.5 Å². The zero-order chi connectivity index (χ0) is 14.5. The van der Waals surface area contributed by atoms with Crippen LogP contribution in [0.4, 0.5) is 5.69 Å². The van der Waals surface area contributed by atoms with Crippen LogP contribution in [0, 0.1) is 0 Å². The number of benzene rings is 2. The predicted molar refractivity (Wildman–Crippen MR) is 83.3 cm³/mol. The average molecular weight is 289 g/mol. The lowest BCUT2D eigenvalue weighted by Crippen LogP contribution is -2.08. The molecule has 0 unspecified atom stereocenters. The molecule has 0 saturated carbocycles. The highest BCUT2D eigenvalue weighted by atomic mass is 32.2. The molecule has 0 amide bonds. The van der Waals surface area contributed by atoms with Crippen LogP contribution in [-0.2, 0) is 10.8 Å². The SMILES string of the molecule is CC[C@@H](c1ccc(OC)cc1)[S@@](=O)c1ccccc1N. The minimum atomic E-state index is -1.16. The second kappa shape index (κ2) is 6.57. The van der Waals surface area contributed by atoms with Crippen molar-refractivity contribution in [2.45, 2.75) is 23.5 Å². The van der Waals surface area contributed by atoms with E-state index in [1.165, 1.54) is 0 Å². The molecule has 2 aromatic rings. The van der Waals surface area contributed by atoms with E-state index in [0.717, 1.165) is 17.7 Å². The molecule has 2 N–H and O–H groups in total. The van der Waals surface area contributed by atoms with Crippen LogP contribution >= 0.6 is 0 Å². The number of ether oxygens (including phenoxy) is 1. The van der Waals surface area contributed by atoms with Crippen molar-refractivity contribution in [3.05, 3.63) is 54.1 Å². The van der Waals surface area contributed by atoms with Gasteiger partial charge < -0.3 is 10.5 Å². The van der Waals surface area contributed by atoms with E-state index < -0.39 is 10.8 Å². The van der Waals surface area contributed by atoms with Gasteiger partial charge in [0.2, 0.25) is 0 Å². The van der Waals surface area contributed by atoms with Crippen molar-refractivity contribution in [1.82, 2.24) is 0 Å². The molecule has 0 spiro atoms. The summed E-state index contributed by atoms with van der Waals surface area (Å²) in [5, 5.41) is -0.0643. The Bertz CT molecular complexity index is 596. The molecule has 20 heavy (non-hydrogen) atoms. The van der Waals surface area contributed by atoms with Crippen LogP contribution in [0.1, 0.15) is 24.2 Å². The molecular formula is C16H19NO2S. The Hall–Kier alpha value is -1.81. The Morgan fingerprint density at radius 1 is 1.15 bits per heavy atom. The van der Waals surface area contributed by atoms with Gasteiger partial charge in [0, 0.05) is 5.69 Å². The first-order valence-corrected chi connectivity index (χ1v) is 7.77. The normalized spacial score (nSPS) is 13.7. The maximum absolute atomic E-state index is 12.8. The molecule has 0 bridgehead atoms. The van der Waals surface area contributed by atoms with Crippen molar-refractivity contribution in [2.24, 2.45) is 0 Å². The van der Waals surface area contributed by atoms with Crippen molar-refractivity contribution in [2.75, 3.05) is 12.8 Å². The Labute approximate surface area is 122 Å². The maximum Gasteiger partial charge on any atom is 0.118 e. The lowest BCUT2D eigenvalue weighted by atomic mass is 10.1. The summed E-state index contributed by atoms with van der Waals surface area (Å²) in [5.41, 5.74) is 7.54. The second-order valence-corrected chi connectivity index (χ2v) is 6.11. The third kappa shape index (κ3) is 3.02. The van der Waals surface area contributed by atoms with Gasteiger partial charge in [-0.2, -0.15) is 0 Å². The van der Waals surface area contributed by atoms with Gasteiger partial charge in [0.1, 0.15) is 5.75 Å². The fraction of sp³-hybridized carbons (Fsp3) is 0.250. The lowest BCUT2D eigenvalue weighted by Gasteiger charge is -2.16. The van der Waals surface area contributed by atoms with Gasteiger partial charge in [-0.25, -0.2) is 0 Å². The Balaban J connectivity index is 2.32. The third-order valence-corrected chi connectivity index (χ3v) is 5.18. The smallest absolute Gasteiger partial charge is 0.118 e. The minimum Gasteiger partial charge on any atom is -0.497 e. The van der Waals surface area contributed by atoms with Gasteiger partial charge in [-0.1, -0.05) is 31.2 Å². The van der Waals surface area contributed by atoms with Gasteiger partial charge in [-0.3, -0.25) is 4.21 Å². The van der Waals surface area contributed by atoms with E-state index in [1.807, 2.05) is 49.4 Å². The number of nitrogen functional groups attached to an aromatic ring is 1. The Kier molecular flexibility index (Phi) is 4.79. The van der Waals surface area contributed by atoms with Gasteiger partial charge in [0.15, 0.2) is 0 Å². The molecule has 0 saturated heterocycles. The molecule has 4 heteroatoms. The Morgan fingerprint density at radius 3 is 2.35 bits per heavy atom. The fourth-order valence-corrected chi connectivity index (χ4v) is 3.67. The molecule has 0 aromatic heterocycles. The molecule has 0 radical (unpaired) electrons. The molecule has 0 aliphatic rings. The molecule has 0 heterocycles. The van der Waals surface area contributed by atoms with Crippen molar-refractivity contribution >= 4 is 16.5 Å². The number of hydrogen-bond donors (Lipinski definition) is 1. The summed E-state index contributed by atoms with van der Waals surface area (Å²) in [6, 6.07) is 15.0. The van der Waals surface area contributed by atoms with Crippen LogP contribution in [0.5, 0.6) is 5.75 Å². The maximum atomic E-state index is 12.8. The molecule has 2 aromatic carbocycles. The molecular weight excluding hydrogens is 270 g/mol. The van der Waals surface area contributed by atoms with Gasteiger partial charge in [0.25, 0.3) is 0 Å². The first-order chi connectivity index (χ1) is 9.67. The summed E-state index contributed by atoms with van der Waals surface area (Å²) < 4.78 is 17.9. The summed E-state index contributed by atoms with van der Waals surface area (Å²) in [6.45, 7) is 2.03. The van der Waals surface area contributed by atoms with Crippen molar-refractivity contribution in [3.63, 3.8) is 0 Å². The zero-order valence-electron chi connectivity index (χ0n) is 11.7. The number of rotatable bonds is 5. The first-order valence-electron chi connectivity index (χ1n) is 6.56. The van der Waals surface area contributed by atoms with Crippen LogP contribution < -0.4 is 10.5 Å². The van der Waals surface area contributed by atoms with Crippen LogP contribution in [0.3, 0.4) is 0 Å². The van der Waals surface area contributed by atoms with Crippen LogP contribution in [0.25, 0.3) is 0 Å². The molecule has 106 valence electrons. The van der Waals surface area contributed by atoms with E-state index in [9.17, 15) is 4.21 Å². The van der Waals surface area contributed by atoms with Gasteiger partial charge in [-0.15, -0.1) is 0 Å². The molecule has 2 rings (SSSR count). The largest absolute Gasteiger partial charge is 0.497 e. The lowest BCUT2D eigenvalue weighted by molar-refractivity contribution is 0.414. The summed E-state index contributed by atoms with van der Waals surface area (Å²) in [4.78, 5) is 0.704. The summed E-state index contributed by atoms with van der Waals surface area (Å²) in [7, 11) is 0.476. The van der Waals surface area contributed by atoms with Crippen LogP contribution in [0.15, 0.2) is 53.4 Å². The van der Waals surface area contributed by atoms with E-state index in [0.29, 0.717) is 10.6 Å². The average Bonchev–Trinajstić information content (AvgIpc) is 2.49. The molecule has 0 fully saturated rings. The van der Waals surface area contributed by atoms with E-state index in [2.05, 4.69) is 0 Å². The third-order valence-electron chi connectivity index (χ3n) is 3.25. The first kappa shape index (κ1) is 14.6. The van der Waals surface area contributed by atoms with E-state index >= 15 is 0 Å². The topological polar surface area (TPSA) is 52.3 Å². The Morgan fingerprint density at radius 2 is 1.80 bits per heavy atom. The number of nitrogens with two attached hydrogens (primary N) is 1. The molecule has 0 aliphatic carbocycles. The second-order valence-electron chi connectivity index (χ2n) is 4.51. The fourth-order valence-electron chi connectivity index (χ4n) is 2.15. The monoisotopic (exact) mass is 289 g/mol. The van der Waals surface area contributed by atoms with Crippen LogP contribution in [-0.4, -0.2) is 11.3 Å². The highest BCUT2D eigenvalue weighted by molar-refractivity contribution is 7.85. The van der Waals surface area contributed by atoms with E-state index in [-0.39, 0.29) is 5.25 Å². The standard InChI is InChI=1S/C16H19NO2S/c1-3-15(12-8-10-13(19-2)11-9-12)20(18)16-7-5-4-6-14(16)17/h4-11,15H,3,17H2,1-2H3/t15-,20+/m0/s1. The number of anilines is 1. The molecule has 0 aliphatic heterocycles. The number of hydrogen-bond acceptors (Lipinski definition) is 3. The van der Waals surface area contributed by atoms with E-state index in [1.54, 1.807) is 13.2 Å². The highest BCUT2D eigenvalue weighted by Crippen LogP contribution is 2.31. The van der Waals surface area contributed by atoms with Crippen LogP contribution in [0.2, 0.25) is 0 Å². The van der Waals surface area contributed by atoms with Gasteiger partial charge in [-0.05, 0) is 36.2 Å². The summed E-state index contributed by atoms with van der Waals surface area (Å²) in [5.74, 6) is 0.800.